The Hall–Kier alpha value is -3.20. The first-order valence-electron chi connectivity index (χ1n) is 6.07. The van der Waals surface area contributed by atoms with Crippen LogP contribution in [0.4, 0.5) is 0 Å². The molecule has 1 aromatic carbocycles. The van der Waals surface area contributed by atoms with E-state index < -0.39 is 5.97 Å². The summed E-state index contributed by atoms with van der Waals surface area (Å²) < 4.78 is 0. The van der Waals surface area contributed by atoms with E-state index in [2.05, 4.69) is 10.3 Å². The number of pyridine rings is 1. The zero-order valence-electron chi connectivity index (χ0n) is 10.9. The van der Waals surface area contributed by atoms with Crippen LogP contribution in [-0.2, 0) is 6.54 Å². The van der Waals surface area contributed by atoms with Crippen molar-refractivity contribution in [2.24, 2.45) is 0 Å². The van der Waals surface area contributed by atoms with Crippen molar-refractivity contribution in [2.45, 2.75) is 6.54 Å². The van der Waals surface area contributed by atoms with E-state index in [-0.39, 0.29) is 18.0 Å². The van der Waals surface area contributed by atoms with E-state index >= 15 is 0 Å². The molecule has 2 aromatic rings. The molecule has 0 atom stereocenters. The number of hydrogen-bond donors (Lipinski definition) is 2. The lowest BCUT2D eigenvalue weighted by atomic mass is 10.1. The fourth-order valence-corrected chi connectivity index (χ4v) is 1.68. The third-order valence-electron chi connectivity index (χ3n) is 2.77. The molecule has 1 aromatic heterocycles. The summed E-state index contributed by atoms with van der Waals surface area (Å²) in [5.74, 6) is -1.36. The van der Waals surface area contributed by atoms with E-state index in [9.17, 15) is 9.59 Å². The van der Waals surface area contributed by atoms with Crippen molar-refractivity contribution in [3.8, 4) is 6.07 Å². The maximum absolute atomic E-state index is 11.9. The summed E-state index contributed by atoms with van der Waals surface area (Å²) in [5, 5.41) is 20.2. The van der Waals surface area contributed by atoms with Gasteiger partial charge in [-0.25, -0.2) is 4.79 Å². The van der Waals surface area contributed by atoms with Gasteiger partial charge >= 0.3 is 5.97 Å². The van der Waals surface area contributed by atoms with Crippen molar-refractivity contribution in [3.05, 3.63) is 65.0 Å². The molecule has 1 amide bonds. The highest BCUT2D eigenvalue weighted by molar-refractivity contribution is 5.94. The Bertz CT molecular complexity index is 718. The van der Waals surface area contributed by atoms with Crippen LogP contribution in [0.1, 0.15) is 32.0 Å². The molecule has 0 aliphatic heterocycles. The van der Waals surface area contributed by atoms with Gasteiger partial charge in [0, 0.05) is 11.8 Å². The van der Waals surface area contributed by atoms with Crippen LogP contribution in [0.25, 0.3) is 0 Å². The molecular weight excluding hydrogens is 270 g/mol. The van der Waals surface area contributed by atoms with Crippen molar-refractivity contribution in [1.82, 2.24) is 10.3 Å². The predicted octanol–water partition coefficient (Wildman–Crippen LogP) is 1.58. The minimum absolute atomic E-state index is 0.118. The molecule has 0 aliphatic rings. The number of carbonyl (C=O) groups excluding carboxylic acids is 1. The molecule has 0 aliphatic carbocycles. The van der Waals surface area contributed by atoms with Gasteiger partial charge < -0.3 is 10.4 Å². The summed E-state index contributed by atoms with van der Waals surface area (Å²) in [4.78, 5) is 26.7. The van der Waals surface area contributed by atoms with Crippen LogP contribution in [0.3, 0.4) is 0 Å². The lowest BCUT2D eigenvalue weighted by Gasteiger charge is -2.05. The normalized spacial score (nSPS) is 9.67. The number of carbonyl (C=O) groups is 2. The van der Waals surface area contributed by atoms with Gasteiger partial charge in [0.2, 0.25) is 0 Å². The Morgan fingerprint density at radius 1 is 1.19 bits per heavy atom. The second kappa shape index (κ2) is 6.30. The monoisotopic (exact) mass is 281 g/mol. The maximum atomic E-state index is 11.9. The average Bonchev–Trinajstić information content (AvgIpc) is 2.53. The molecule has 0 bridgehead atoms. The topological polar surface area (TPSA) is 103 Å². The van der Waals surface area contributed by atoms with Crippen LogP contribution in [0.5, 0.6) is 0 Å². The van der Waals surface area contributed by atoms with Crippen molar-refractivity contribution in [2.75, 3.05) is 0 Å². The summed E-state index contributed by atoms with van der Waals surface area (Å²) in [6, 6.07) is 11.0. The van der Waals surface area contributed by atoms with Gasteiger partial charge in [-0.2, -0.15) is 5.26 Å². The minimum Gasteiger partial charge on any atom is -0.478 e. The second-order valence-corrected chi connectivity index (χ2v) is 4.21. The highest BCUT2D eigenvalue weighted by Gasteiger charge is 2.07. The largest absolute Gasteiger partial charge is 0.478 e. The second-order valence-electron chi connectivity index (χ2n) is 4.21. The summed E-state index contributed by atoms with van der Waals surface area (Å²) in [6.07, 6.45) is 1.38. The van der Waals surface area contributed by atoms with Crippen molar-refractivity contribution in [3.63, 3.8) is 0 Å². The summed E-state index contributed by atoms with van der Waals surface area (Å²) in [7, 11) is 0. The number of benzene rings is 1. The SMILES string of the molecule is N#Cc1ccc(C(=O)NCc2cc(C(=O)O)ccn2)cc1. The number of amides is 1. The first-order valence-corrected chi connectivity index (χ1v) is 6.07. The van der Waals surface area contributed by atoms with Gasteiger partial charge in [0.05, 0.1) is 29.4 Å². The van der Waals surface area contributed by atoms with Crippen LogP contribution >= 0.6 is 0 Å². The molecular formula is C15H11N3O3. The molecule has 0 unspecified atom stereocenters. The Labute approximate surface area is 120 Å². The fraction of sp³-hybridized carbons (Fsp3) is 0.0667. The number of nitriles is 1. The van der Waals surface area contributed by atoms with E-state index in [1.54, 1.807) is 24.3 Å². The number of nitrogens with zero attached hydrogens (tertiary/aromatic N) is 2. The van der Waals surface area contributed by atoms with Crippen molar-refractivity contribution < 1.29 is 14.7 Å². The third kappa shape index (κ3) is 3.64. The summed E-state index contributed by atoms with van der Waals surface area (Å²) in [5.41, 5.74) is 1.47. The van der Waals surface area contributed by atoms with E-state index in [0.717, 1.165) is 0 Å². The molecule has 0 fully saturated rings. The van der Waals surface area contributed by atoms with Gasteiger partial charge in [0.15, 0.2) is 0 Å². The fourth-order valence-electron chi connectivity index (χ4n) is 1.68. The number of nitrogens with one attached hydrogen (secondary N) is 1. The van der Waals surface area contributed by atoms with Gasteiger partial charge in [-0.15, -0.1) is 0 Å². The van der Waals surface area contributed by atoms with Crippen molar-refractivity contribution in [1.29, 1.82) is 5.26 Å². The standard InChI is InChI=1S/C15H11N3O3/c16-8-10-1-3-11(4-2-10)14(19)18-9-13-7-12(15(20)21)5-6-17-13/h1-7H,9H2,(H,18,19)(H,20,21). The number of carboxylic acids is 1. The molecule has 104 valence electrons. The first kappa shape index (κ1) is 14.2. The molecule has 0 saturated carbocycles. The van der Waals surface area contributed by atoms with E-state index in [4.69, 9.17) is 10.4 Å². The number of rotatable bonds is 4. The van der Waals surface area contributed by atoms with Crippen LogP contribution in [-0.4, -0.2) is 22.0 Å². The van der Waals surface area contributed by atoms with Crippen LogP contribution in [0.15, 0.2) is 42.6 Å². The molecule has 2 N–H and O–H groups in total. The highest BCUT2D eigenvalue weighted by atomic mass is 16.4. The van der Waals surface area contributed by atoms with E-state index in [0.29, 0.717) is 16.8 Å². The third-order valence-corrected chi connectivity index (χ3v) is 2.77. The number of carboxylic acid groups (broad SMARTS) is 1. The van der Waals surface area contributed by atoms with Crippen LogP contribution in [0, 0.1) is 11.3 Å². The quantitative estimate of drug-likeness (QED) is 0.885. The zero-order chi connectivity index (χ0) is 15.2. The van der Waals surface area contributed by atoms with Crippen LogP contribution in [0.2, 0.25) is 0 Å². The minimum atomic E-state index is -1.04. The Morgan fingerprint density at radius 3 is 2.52 bits per heavy atom. The van der Waals surface area contributed by atoms with Crippen LogP contribution < -0.4 is 5.32 Å². The van der Waals surface area contributed by atoms with Gasteiger partial charge in [-0.05, 0) is 36.4 Å². The number of aromatic nitrogens is 1. The molecule has 1 heterocycles. The lowest BCUT2D eigenvalue weighted by molar-refractivity contribution is 0.0696. The van der Waals surface area contributed by atoms with E-state index in [1.165, 1.54) is 18.3 Å². The molecule has 0 radical (unpaired) electrons. The van der Waals surface area contributed by atoms with Crippen molar-refractivity contribution >= 4 is 11.9 Å². The Morgan fingerprint density at radius 2 is 1.90 bits per heavy atom. The Balaban J connectivity index is 2.02. The number of hydrogen-bond acceptors (Lipinski definition) is 4. The first-order chi connectivity index (χ1) is 10.1. The molecule has 0 spiro atoms. The summed E-state index contributed by atoms with van der Waals surface area (Å²) in [6.45, 7) is 0.125. The average molecular weight is 281 g/mol. The molecule has 2 rings (SSSR count). The van der Waals surface area contributed by atoms with Gasteiger partial charge in [-0.1, -0.05) is 0 Å². The smallest absolute Gasteiger partial charge is 0.335 e. The maximum Gasteiger partial charge on any atom is 0.335 e. The van der Waals surface area contributed by atoms with Gasteiger partial charge in [0.25, 0.3) is 5.91 Å². The van der Waals surface area contributed by atoms with Gasteiger partial charge in [-0.3, -0.25) is 9.78 Å². The zero-order valence-corrected chi connectivity index (χ0v) is 10.9. The highest BCUT2D eigenvalue weighted by Crippen LogP contribution is 2.05. The van der Waals surface area contributed by atoms with Gasteiger partial charge in [0.1, 0.15) is 0 Å². The summed E-state index contributed by atoms with van der Waals surface area (Å²) >= 11 is 0. The predicted molar refractivity (Wildman–Crippen MR) is 73.5 cm³/mol. The Kier molecular flexibility index (Phi) is 4.26. The molecule has 0 saturated heterocycles. The number of aromatic carboxylic acids is 1. The van der Waals surface area contributed by atoms with E-state index in [1.807, 2.05) is 6.07 Å². The lowest BCUT2D eigenvalue weighted by Crippen LogP contribution is -2.23. The molecule has 6 nitrogen and oxygen atoms in total. The molecule has 21 heavy (non-hydrogen) atoms. The molecule has 6 heteroatoms.